The highest BCUT2D eigenvalue weighted by Crippen LogP contribution is 2.23. The third kappa shape index (κ3) is 3.50. The van der Waals surface area contributed by atoms with Crippen LogP contribution in [0.4, 0.5) is 0 Å². The van der Waals surface area contributed by atoms with Crippen molar-refractivity contribution in [3.63, 3.8) is 0 Å². The zero-order chi connectivity index (χ0) is 16.1. The highest BCUT2D eigenvalue weighted by Gasteiger charge is 2.21. The van der Waals surface area contributed by atoms with Gasteiger partial charge in [0.05, 0.1) is 6.54 Å². The van der Waals surface area contributed by atoms with Gasteiger partial charge in [-0.05, 0) is 6.92 Å². The minimum atomic E-state index is -1.15. The third-order valence-corrected chi connectivity index (χ3v) is 3.10. The van der Waals surface area contributed by atoms with Crippen molar-refractivity contribution in [2.75, 3.05) is 13.7 Å². The molecule has 1 aromatic heterocycles. The van der Waals surface area contributed by atoms with Crippen LogP contribution in [0.3, 0.4) is 0 Å². The normalized spacial score (nSPS) is 11.9. The Morgan fingerprint density at radius 3 is 2.64 bits per heavy atom. The van der Waals surface area contributed by atoms with Gasteiger partial charge in [0.2, 0.25) is 0 Å². The number of amides is 1. The Labute approximate surface area is 126 Å². The molecule has 2 N–H and O–H groups in total. The van der Waals surface area contributed by atoms with Gasteiger partial charge in [-0.15, -0.1) is 0 Å². The van der Waals surface area contributed by atoms with Gasteiger partial charge in [0.1, 0.15) is 0 Å². The fraction of sp³-hybridized carbons (Fsp3) is 0.267. The van der Waals surface area contributed by atoms with E-state index in [-0.39, 0.29) is 12.2 Å². The minimum Gasteiger partial charge on any atom is -0.479 e. The maximum Gasteiger partial charge on any atom is 0.334 e. The molecule has 22 heavy (non-hydrogen) atoms. The minimum absolute atomic E-state index is 0.101. The third-order valence-electron chi connectivity index (χ3n) is 3.10. The number of oxazole rings is 1. The lowest BCUT2D eigenvalue weighted by molar-refractivity contribution is -0.148. The van der Waals surface area contributed by atoms with Crippen molar-refractivity contribution >= 4 is 11.9 Å². The van der Waals surface area contributed by atoms with E-state index in [2.05, 4.69) is 10.3 Å². The van der Waals surface area contributed by atoms with Crippen LogP contribution in [-0.4, -0.2) is 41.7 Å². The maximum atomic E-state index is 12.1. The van der Waals surface area contributed by atoms with Crippen LogP contribution in [0.1, 0.15) is 16.1 Å². The summed E-state index contributed by atoms with van der Waals surface area (Å²) in [5, 5.41) is 11.3. The molecule has 0 spiro atoms. The summed E-state index contributed by atoms with van der Waals surface area (Å²) in [7, 11) is 1.26. The topological polar surface area (TPSA) is 102 Å². The molecule has 2 rings (SSSR count). The van der Waals surface area contributed by atoms with E-state index in [4.69, 9.17) is 14.3 Å². The van der Waals surface area contributed by atoms with Gasteiger partial charge in [-0.25, -0.2) is 9.78 Å². The number of carbonyl (C=O) groups excluding carboxylic acids is 1. The zero-order valence-corrected chi connectivity index (χ0v) is 12.2. The molecule has 2 aromatic rings. The highest BCUT2D eigenvalue weighted by molar-refractivity contribution is 5.97. The lowest BCUT2D eigenvalue weighted by Crippen LogP contribution is -2.38. The van der Waals surface area contributed by atoms with Crippen molar-refractivity contribution in [1.82, 2.24) is 10.3 Å². The molecule has 7 nitrogen and oxygen atoms in total. The van der Waals surface area contributed by atoms with Crippen LogP contribution in [-0.2, 0) is 9.53 Å². The first-order chi connectivity index (χ1) is 10.5. The first kappa shape index (κ1) is 15.7. The van der Waals surface area contributed by atoms with Crippen LogP contribution in [0.5, 0.6) is 0 Å². The molecule has 0 fully saturated rings. The number of aromatic nitrogens is 1. The van der Waals surface area contributed by atoms with E-state index in [1.54, 1.807) is 0 Å². The number of hydrogen-bond donors (Lipinski definition) is 2. The molecule has 1 heterocycles. The Bertz CT molecular complexity index is 663. The lowest BCUT2D eigenvalue weighted by atomic mass is 10.1. The lowest BCUT2D eigenvalue weighted by Gasteiger charge is -2.11. The van der Waals surface area contributed by atoms with E-state index < -0.39 is 18.0 Å². The van der Waals surface area contributed by atoms with Crippen LogP contribution in [0.15, 0.2) is 35.1 Å². The Morgan fingerprint density at radius 2 is 2.05 bits per heavy atom. The van der Waals surface area contributed by atoms with Crippen molar-refractivity contribution in [2.45, 2.75) is 13.0 Å². The van der Waals surface area contributed by atoms with E-state index in [0.29, 0.717) is 5.76 Å². The van der Waals surface area contributed by atoms with E-state index in [9.17, 15) is 9.59 Å². The number of methoxy groups -OCH3 is 1. The summed E-state index contributed by atoms with van der Waals surface area (Å²) in [6.07, 6.45) is 0.0634. The number of carboxylic acid groups (broad SMARTS) is 1. The molecule has 0 aliphatic rings. The number of nitrogens with one attached hydrogen (secondary N) is 1. The average molecular weight is 304 g/mol. The smallest absolute Gasteiger partial charge is 0.334 e. The van der Waals surface area contributed by atoms with Crippen molar-refractivity contribution in [3.05, 3.63) is 41.9 Å². The number of rotatable bonds is 6. The van der Waals surface area contributed by atoms with E-state index in [1.165, 1.54) is 13.5 Å². The predicted molar refractivity (Wildman–Crippen MR) is 77.4 cm³/mol. The fourth-order valence-electron chi connectivity index (χ4n) is 1.86. The molecule has 1 amide bonds. The second kappa shape index (κ2) is 6.86. The number of benzene rings is 1. The van der Waals surface area contributed by atoms with Gasteiger partial charge >= 0.3 is 5.97 Å². The van der Waals surface area contributed by atoms with E-state index in [0.717, 1.165) is 11.1 Å². The first-order valence-corrected chi connectivity index (χ1v) is 6.57. The molecular formula is C15H16N2O5. The van der Waals surface area contributed by atoms with Crippen molar-refractivity contribution in [1.29, 1.82) is 0 Å². The summed E-state index contributed by atoms with van der Waals surface area (Å²) in [6, 6.07) is 7.43. The predicted octanol–water partition coefficient (Wildman–Crippen LogP) is 1.48. The van der Waals surface area contributed by atoms with Gasteiger partial charge < -0.3 is 19.6 Å². The molecule has 7 heteroatoms. The Kier molecular flexibility index (Phi) is 4.90. The summed E-state index contributed by atoms with van der Waals surface area (Å²) in [5.41, 5.74) is 1.90. The number of carbonyl (C=O) groups is 2. The molecule has 116 valence electrons. The van der Waals surface area contributed by atoms with Gasteiger partial charge in [-0.3, -0.25) is 4.79 Å². The molecule has 0 bridgehead atoms. The van der Waals surface area contributed by atoms with Crippen molar-refractivity contribution in [2.24, 2.45) is 0 Å². The average Bonchev–Trinajstić information content (AvgIpc) is 2.97. The maximum absolute atomic E-state index is 12.1. The number of aryl methyl sites for hydroxylation is 1. The number of hydrogen-bond acceptors (Lipinski definition) is 5. The summed E-state index contributed by atoms with van der Waals surface area (Å²) in [6.45, 7) is 1.79. The molecule has 0 radical (unpaired) electrons. The van der Waals surface area contributed by atoms with E-state index >= 15 is 0 Å². The SMILES string of the molecule is COC(CNC(=O)c1ncoc1-c1ccc(C)cc1)C(=O)O. The van der Waals surface area contributed by atoms with Gasteiger partial charge in [0.25, 0.3) is 5.91 Å². The molecule has 0 saturated carbocycles. The second-order valence-corrected chi connectivity index (χ2v) is 4.67. The molecule has 0 saturated heterocycles. The number of nitrogens with zero attached hydrogens (tertiary/aromatic N) is 1. The molecule has 1 aromatic carbocycles. The fourth-order valence-corrected chi connectivity index (χ4v) is 1.86. The van der Waals surface area contributed by atoms with E-state index in [1.807, 2.05) is 31.2 Å². The van der Waals surface area contributed by atoms with Gasteiger partial charge in [-0.2, -0.15) is 0 Å². The van der Waals surface area contributed by atoms with Crippen LogP contribution in [0.25, 0.3) is 11.3 Å². The number of carboxylic acids is 1. The molecule has 1 atom stereocenters. The largest absolute Gasteiger partial charge is 0.479 e. The molecular weight excluding hydrogens is 288 g/mol. The zero-order valence-electron chi connectivity index (χ0n) is 12.2. The highest BCUT2D eigenvalue weighted by atomic mass is 16.5. The van der Waals surface area contributed by atoms with Crippen LogP contribution in [0.2, 0.25) is 0 Å². The number of aliphatic carboxylic acids is 1. The number of ether oxygens (including phenoxy) is 1. The summed E-state index contributed by atoms with van der Waals surface area (Å²) < 4.78 is 10.0. The second-order valence-electron chi connectivity index (χ2n) is 4.67. The molecule has 1 unspecified atom stereocenters. The van der Waals surface area contributed by atoms with Crippen molar-refractivity contribution < 1.29 is 23.8 Å². The standard InChI is InChI=1S/C15H16N2O5/c1-9-3-5-10(6-4-9)13-12(17-8-22-13)14(18)16-7-11(21-2)15(19)20/h3-6,8,11H,7H2,1-2H3,(H,16,18)(H,19,20). The molecule has 0 aliphatic carbocycles. The van der Waals surface area contributed by atoms with Crippen LogP contribution >= 0.6 is 0 Å². The Balaban J connectivity index is 2.13. The van der Waals surface area contributed by atoms with Gasteiger partial charge in [0.15, 0.2) is 24.0 Å². The first-order valence-electron chi connectivity index (χ1n) is 6.57. The van der Waals surface area contributed by atoms with Gasteiger partial charge in [-0.1, -0.05) is 29.8 Å². The Hall–Kier alpha value is -2.67. The van der Waals surface area contributed by atoms with Crippen LogP contribution in [0, 0.1) is 6.92 Å². The monoisotopic (exact) mass is 304 g/mol. The van der Waals surface area contributed by atoms with Crippen LogP contribution < -0.4 is 5.32 Å². The molecule has 0 aliphatic heterocycles. The summed E-state index contributed by atoms with van der Waals surface area (Å²) in [5.74, 6) is -1.34. The summed E-state index contributed by atoms with van der Waals surface area (Å²) >= 11 is 0. The van der Waals surface area contributed by atoms with Gasteiger partial charge in [0, 0.05) is 12.7 Å². The Morgan fingerprint density at radius 1 is 1.36 bits per heavy atom. The van der Waals surface area contributed by atoms with Crippen molar-refractivity contribution in [3.8, 4) is 11.3 Å². The summed E-state index contributed by atoms with van der Waals surface area (Å²) in [4.78, 5) is 26.9. The quantitative estimate of drug-likeness (QED) is 0.838.